The number of carbonyl (C=O) groups is 3. The SMILES string of the molecule is Cc1cccc(C(=O)CC(=O)C(F)(F)F)c1.[C-]#[N+]CC(=O)NCc1cccc(COCOC)c1.[C-]#[N+]c1c(C(F)(F)F)cc(-c2cccc(C)c2)n(Cc2cccc(CO)c2)c1=O. The van der Waals surface area contributed by atoms with Crippen molar-refractivity contribution in [3.05, 3.63) is 181 Å². The van der Waals surface area contributed by atoms with Crippen molar-refractivity contribution >= 4 is 23.2 Å². The Morgan fingerprint density at radius 1 is 0.794 bits per heavy atom. The Kier molecular flexibility index (Phi) is 19.1. The van der Waals surface area contributed by atoms with Gasteiger partial charge in [0.25, 0.3) is 23.7 Å². The van der Waals surface area contributed by atoms with Crippen LogP contribution in [0.2, 0.25) is 0 Å². The quantitative estimate of drug-likeness (QED) is 0.0284. The Morgan fingerprint density at radius 3 is 1.98 bits per heavy atom. The number of ether oxygens (including phenoxy) is 2. The van der Waals surface area contributed by atoms with Gasteiger partial charge in [-0.2, -0.15) is 26.3 Å². The van der Waals surface area contributed by atoms with Crippen molar-refractivity contribution in [2.45, 2.75) is 58.9 Å². The number of hydrogen-bond donors (Lipinski definition) is 2. The van der Waals surface area contributed by atoms with Crippen molar-refractivity contribution in [2.24, 2.45) is 0 Å². The predicted octanol–water partition coefficient (Wildman–Crippen LogP) is 8.98. The molecular weight excluding hydrogens is 835 g/mol. The first-order chi connectivity index (χ1) is 29.8. The number of pyridine rings is 1. The number of aryl methyl sites for hydroxylation is 2. The van der Waals surface area contributed by atoms with Gasteiger partial charge in [0.2, 0.25) is 5.78 Å². The van der Waals surface area contributed by atoms with Crippen LogP contribution in [-0.4, -0.2) is 53.8 Å². The minimum Gasteiger partial charge on any atom is -0.392 e. The third-order valence-electron chi connectivity index (χ3n) is 8.67. The first kappa shape index (κ1) is 50.4. The molecule has 5 aromatic rings. The molecule has 0 unspecified atom stereocenters. The van der Waals surface area contributed by atoms with Gasteiger partial charge in [-0.1, -0.05) is 96.1 Å². The van der Waals surface area contributed by atoms with Gasteiger partial charge in [-0.25, -0.2) is 11.4 Å². The van der Waals surface area contributed by atoms with Gasteiger partial charge < -0.3 is 29.3 Å². The van der Waals surface area contributed by atoms with Gasteiger partial charge >= 0.3 is 12.4 Å². The van der Waals surface area contributed by atoms with E-state index in [4.69, 9.17) is 22.6 Å². The number of benzene rings is 4. The molecule has 63 heavy (non-hydrogen) atoms. The normalized spacial score (nSPS) is 10.9. The number of carbonyl (C=O) groups excluding carboxylic acids is 3. The fourth-order valence-corrected chi connectivity index (χ4v) is 5.74. The highest BCUT2D eigenvalue weighted by Gasteiger charge is 2.39. The zero-order valence-electron chi connectivity index (χ0n) is 34.3. The highest BCUT2D eigenvalue weighted by Crippen LogP contribution is 2.37. The number of aromatic nitrogens is 1. The number of alkyl halides is 6. The molecule has 0 atom stereocenters. The van der Waals surface area contributed by atoms with Crippen LogP contribution in [0.25, 0.3) is 20.9 Å². The lowest BCUT2D eigenvalue weighted by atomic mass is 10.0. The van der Waals surface area contributed by atoms with Crippen LogP contribution in [0.5, 0.6) is 0 Å². The second-order valence-electron chi connectivity index (χ2n) is 13.7. The maximum absolute atomic E-state index is 13.5. The van der Waals surface area contributed by atoms with E-state index in [2.05, 4.69) is 15.0 Å². The molecule has 0 aliphatic rings. The number of methoxy groups -OCH3 is 1. The zero-order valence-corrected chi connectivity index (χ0v) is 34.3. The topological polar surface area (TPSA) is 133 Å². The minimum atomic E-state index is -4.94. The molecule has 2 N–H and O–H groups in total. The zero-order chi connectivity index (χ0) is 46.7. The second-order valence-corrected chi connectivity index (χ2v) is 13.7. The summed E-state index contributed by atoms with van der Waals surface area (Å²) < 4.78 is 87.5. The summed E-state index contributed by atoms with van der Waals surface area (Å²) in [6.45, 7) is 18.0. The van der Waals surface area contributed by atoms with Crippen molar-refractivity contribution in [1.29, 1.82) is 0 Å². The van der Waals surface area contributed by atoms with E-state index in [-0.39, 0.29) is 43.7 Å². The molecule has 0 bridgehead atoms. The van der Waals surface area contributed by atoms with Crippen LogP contribution >= 0.6 is 0 Å². The van der Waals surface area contributed by atoms with Crippen LogP contribution in [0.1, 0.15) is 55.7 Å². The number of aliphatic hydroxyl groups excluding tert-OH is 1. The first-order valence-electron chi connectivity index (χ1n) is 18.7. The first-order valence-corrected chi connectivity index (χ1v) is 18.7. The molecule has 0 aliphatic heterocycles. The summed E-state index contributed by atoms with van der Waals surface area (Å²) in [6.07, 6.45) is -10.9. The number of ketones is 2. The van der Waals surface area contributed by atoms with Gasteiger partial charge in [0.15, 0.2) is 5.78 Å². The predicted molar refractivity (Wildman–Crippen MR) is 221 cm³/mol. The van der Waals surface area contributed by atoms with E-state index in [9.17, 15) is 50.6 Å². The van der Waals surface area contributed by atoms with E-state index >= 15 is 0 Å². The lowest BCUT2D eigenvalue weighted by Crippen LogP contribution is -2.25. The summed E-state index contributed by atoms with van der Waals surface area (Å²) in [7, 11) is 1.57. The van der Waals surface area contributed by atoms with Crippen LogP contribution in [-0.2, 0) is 51.5 Å². The molecule has 1 heterocycles. The number of aliphatic hydroxyl groups is 1. The van der Waals surface area contributed by atoms with Crippen LogP contribution < -0.4 is 10.9 Å². The molecule has 0 spiro atoms. The summed E-state index contributed by atoms with van der Waals surface area (Å²) in [4.78, 5) is 51.9. The number of Topliss-reactive ketones (excluding diaryl/α,β-unsaturated/α-hetero) is 2. The Labute approximate surface area is 359 Å². The van der Waals surface area contributed by atoms with E-state index in [1.54, 1.807) is 81.6 Å². The van der Waals surface area contributed by atoms with Gasteiger partial charge in [0.05, 0.1) is 31.8 Å². The van der Waals surface area contributed by atoms with Crippen LogP contribution in [0.15, 0.2) is 108 Å². The van der Waals surface area contributed by atoms with Gasteiger partial charge in [-0.05, 0) is 59.9 Å². The molecule has 0 saturated carbocycles. The monoisotopic (exact) mass is 876 g/mol. The van der Waals surface area contributed by atoms with Crippen molar-refractivity contribution < 1.29 is 55.3 Å². The van der Waals surface area contributed by atoms with E-state index in [1.165, 1.54) is 16.7 Å². The smallest absolute Gasteiger partial charge is 0.392 e. The van der Waals surface area contributed by atoms with Crippen molar-refractivity contribution in [1.82, 2.24) is 9.88 Å². The molecule has 0 fully saturated rings. The molecule has 5 rings (SSSR count). The van der Waals surface area contributed by atoms with E-state index in [0.29, 0.717) is 29.8 Å². The lowest BCUT2D eigenvalue weighted by Gasteiger charge is -2.18. The van der Waals surface area contributed by atoms with Gasteiger partial charge in [-0.3, -0.25) is 19.2 Å². The van der Waals surface area contributed by atoms with Crippen molar-refractivity contribution in [3.63, 3.8) is 0 Å². The van der Waals surface area contributed by atoms with E-state index < -0.39 is 47.2 Å². The molecule has 0 radical (unpaired) electrons. The summed E-state index contributed by atoms with van der Waals surface area (Å²) in [5, 5.41) is 12.0. The molecule has 0 aliphatic carbocycles. The number of hydrogen-bond acceptors (Lipinski definition) is 7. The third-order valence-corrected chi connectivity index (χ3v) is 8.67. The standard InChI is InChI=1S/C22H17F3N2O2.C13H16N2O3.C11H9F3O2/c1-14-5-3-8-17(9-14)19-11-18(22(23,24)25)20(26-2)21(29)27(19)12-15-6-4-7-16(10-15)13-28;1-14-8-13(16)15-7-11-4-3-5-12(6-11)9-18-10-17-2;1-7-3-2-4-8(5-7)9(15)6-10(16)11(12,13)14/h3-11,28H,12-13H2,1H3;3-6H,7-10H2,2H3,(H,15,16);2-5H,6H2,1H3. The fourth-order valence-electron chi connectivity index (χ4n) is 5.74. The number of halogens is 6. The van der Waals surface area contributed by atoms with Crippen LogP contribution in [0, 0.1) is 27.0 Å². The van der Waals surface area contributed by atoms with Crippen molar-refractivity contribution in [2.75, 3.05) is 20.4 Å². The molecular formula is C46H42F6N4O7. The van der Waals surface area contributed by atoms with Crippen LogP contribution in [0.3, 0.4) is 0 Å². The molecule has 17 heteroatoms. The summed E-state index contributed by atoms with van der Waals surface area (Å²) in [6, 6.07) is 28.3. The molecule has 1 aromatic heterocycles. The maximum atomic E-state index is 13.5. The minimum absolute atomic E-state index is 0.0311. The molecule has 11 nitrogen and oxygen atoms in total. The Bertz CT molecular complexity index is 2520. The highest BCUT2D eigenvalue weighted by molar-refractivity contribution is 6.09. The number of nitrogens with one attached hydrogen (secondary N) is 1. The van der Waals surface area contributed by atoms with Gasteiger partial charge in [0, 0.05) is 31.5 Å². The Hall–Kier alpha value is -6.92. The average Bonchev–Trinajstić information content (AvgIpc) is 3.23. The number of nitrogens with zero attached hydrogens (tertiary/aromatic N) is 3. The fraction of sp³-hybridized carbons (Fsp3) is 0.261. The number of rotatable bonds is 14. The summed E-state index contributed by atoms with van der Waals surface area (Å²) >= 11 is 0. The molecule has 330 valence electrons. The average molecular weight is 877 g/mol. The molecule has 4 aromatic carbocycles. The highest BCUT2D eigenvalue weighted by atomic mass is 19.4. The maximum Gasteiger partial charge on any atom is 0.450 e. The van der Waals surface area contributed by atoms with Gasteiger partial charge in [-0.15, -0.1) is 0 Å². The van der Waals surface area contributed by atoms with Crippen LogP contribution in [0.4, 0.5) is 32.0 Å². The Balaban J connectivity index is 0.000000268. The summed E-state index contributed by atoms with van der Waals surface area (Å²) in [5.74, 6) is -3.09. The molecule has 0 saturated heterocycles. The second kappa shape index (κ2) is 23.9. The van der Waals surface area contributed by atoms with E-state index in [1.807, 2.05) is 24.3 Å². The van der Waals surface area contributed by atoms with E-state index in [0.717, 1.165) is 28.3 Å². The summed E-state index contributed by atoms with van der Waals surface area (Å²) in [5.41, 5.74) is 2.27. The largest absolute Gasteiger partial charge is 0.450 e. The molecule has 1 amide bonds. The van der Waals surface area contributed by atoms with Crippen molar-refractivity contribution in [3.8, 4) is 11.3 Å². The Morgan fingerprint density at radius 2 is 1.40 bits per heavy atom. The third kappa shape index (κ3) is 16.1. The number of amides is 1. The lowest BCUT2D eigenvalue weighted by molar-refractivity contribution is -0.170. The van der Waals surface area contributed by atoms with Gasteiger partial charge in [0.1, 0.15) is 6.79 Å².